The molecule has 1 saturated heterocycles. The first-order valence-corrected chi connectivity index (χ1v) is 6.21. The third kappa shape index (κ3) is 2.64. The Morgan fingerprint density at radius 2 is 2.21 bits per heavy atom. The summed E-state index contributed by atoms with van der Waals surface area (Å²) in [5.41, 5.74) is 5.11. The molecule has 0 radical (unpaired) electrons. The Morgan fingerprint density at radius 3 is 2.64 bits per heavy atom. The molecule has 3 nitrogen and oxygen atoms in total. The first kappa shape index (κ1) is 11.9. The number of carbonyl (C=O) groups is 1. The van der Waals surface area contributed by atoms with Crippen molar-refractivity contribution in [3.8, 4) is 0 Å². The molecule has 1 aliphatic heterocycles. The molecule has 82 valence electrons. The molecule has 4 heteroatoms. The number of rotatable bonds is 3. The smallest absolute Gasteiger partial charge is 0.227 e. The predicted octanol–water partition coefficient (Wildman–Crippen LogP) is 0.839. The Balaban J connectivity index is 2.48. The highest BCUT2D eigenvalue weighted by Gasteiger charge is 2.31. The van der Waals surface area contributed by atoms with Crippen LogP contribution in [0.1, 0.15) is 20.8 Å². The molecule has 0 aromatic rings. The van der Waals surface area contributed by atoms with Crippen LogP contribution in [0, 0.1) is 11.3 Å². The molecule has 0 aromatic carbocycles. The zero-order valence-electron chi connectivity index (χ0n) is 9.17. The molecule has 1 fully saturated rings. The van der Waals surface area contributed by atoms with Crippen LogP contribution in [-0.2, 0) is 4.79 Å². The van der Waals surface area contributed by atoms with Crippen molar-refractivity contribution >= 4 is 17.7 Å². The Bertz CT molecular complexity index is 218. The minimum Gasteiger partial charge on any atom is -0.352 e. The van der Waals surface area contributed by atoms with Crippen molar-refractivity contribution in [3.05, 3.63) is 0 Å². The monoisotopic (exact) mass is 216 g/mol. The predicted molar refractivity (Wildman–Crippen MR) is 61.3 cm³/mol. The van der Waals surface area contributed by atoms with Gasteiger partial charge < -0.3 is 11.1 Å². The molecule has 1 aliphatic rings. The van der Waals surface area contributed by atoms with Crippen molar-refractivity contribution in [1.82, 2.24) is 5.32 Å². The van der Waals surface area contributed by atoms with Crippen LogP contribution < -0.4 is 11.1 Å². The van der Waals surface area contributed by atoms with Crippen molar-refractivity contribution in [2.45, 2.75) is 26.8 Å². The van der Waals surface area contributed by atoms with Gasteiger partial charge >= 0.3 is 0 Å². The highest BCUT2D eigenvalue weighted by Crippen LogP contribution is 2.24. The van der Waals surface area contributed by atoms with Gasteiger partial charge in [0.2, 0.25) is 5.91 Å². The number of thioether (sulfide) groups is 1. The molecular weight excluding hydrogens is 196 g/mol. The first-order valence-electron chi connectivity index (χ1n) is 5.06. The molecule has 0 aromatic heterocycles. The number of amides is 1. The Labute approximate surface area is 90.2 Å². The summed E-state index contributed by atoms with van der Waals surface area (Å²) < 4.78 is 0. The van der Waals surface area contributed by atoms with Crippen LogP contribution in [0.2, 0.25) is 0 Å². The average Bonchev–Trinajstić information content (AvgIpc) is 2.52. The van der Waals surface area contributed by atoms with E-state index in [4.69, 9.17) is 5.73 Å². The Hall–Kier alpha value is -0.220. The van der Waals surface area contributed by atoms with Crippen molar-refractivity contribution in [2.24, 2.45) is 17.1 Å². The fourth-order valence-corrected chi connectivity index (χ4v) is 2.71. The minimum atomic E-state index is -0.438. The van der Waals surface area contributed by atoms with Gasteiger partial charge in [-0.25, -0.2) is 0 Å². The number of nitrogens with two attached hydrogens (primary N) is 1. The van der Waals surface area contributed by atoms with E-state index >= 15 is 0 Å². The van der Waals surface area contributed by atoms with E-state index in [2.05, 4.69) is 12.2 Å². The molecule has 3 N–H and O–H groups in total. The molecule has 1 amide bonds. The minimum absolute atomic E-state index is 0.0827. The van der Waals surface area contributed by atoms with E-state index in [9.17, 15) is 4.79 Å². The lowest BCUT2D eigenvalue weighted by molar-refractivity contribution is -0.129. The highest BCUT2D eigenvalue weighted by molar-refractivity contribution is 7.99. The summed E-state index contributed by atoms with van der Waals surface area (Å²) >= 11 is 1.90. The maximum atomic E-state index is 11.8. The lowest BCUT2D eigenvalue weighted by Gasteiger charge is -2.25. The summed E-state index contributed by atoms with van der Waals surface area (Å²) in [6.45, 7) is 6.34. The van der Waals surface area contributed by atoms with E-state index in [0.29, 0.717) is 18.5 Å². The average molecular weight is 216 g/mol. The van der Waals surface area contributed by atoms with Crippen LogP contribution >= 0.6 is 11.8 Å². The summed E-state index contributed by atoms with van der Waals surface area (Å²) in [6, 6.07) is 0.332. The van der Waals surface area contributed by atoms with Gasteiger partial charge in [0.25, 0.3) is 0 Å². The van der Waals surface area contributed by atoms with Gasteiger partial charge in [-0.2, -0.15) is 11.8 Å². The summed E-state index contributed by atoms with van der Waals surface area (Å²) in [5, 5.41) is 3.08. The van der Waals surface area contributed by atoms with Gasteiger partial charge in [-0.15, -0.1) is 0 Å². The summed E-state index contributed by atoms with van der Waals surface area (Å²) in [7, 11) is 0. The molecule has 0 saturated carbocycles. The maximum Gasteiger partial charge on any atom is 0.227 e. The summed E-state index contributed by atoms with van der Waals surface area (Å²) in [4.78, 5) is 11.8. The highest BCUT2D eigenvalue weighted by atomic mass is 32.2. The van der Waals surface area contributed by atoms with E-state index in [1.807, 2.05) is 25.6 Å². The largest absolute Gasteiger partial charge is 0.352 e. The van der Waals surface area contributed by atoms with Crippen LogP contribution in [0.4, 0.5) is 0 Å². The molecular formula is C10H20N2OS. The van der Waals surface area contributed by atoms with Crippen molar-refractivity contribution in [2.75, 3.05) is 18.1 Å². The van der Waals surface area contributed by atoms with Crippen LogP contribution in [-0.4, -0.2) is 30.0 Å². The standard InChI is InChI=1S/C10H20N2OS/c1-7-4-14-5-8(7)12-9(13)10(2,3)6-11/h7-8H,4-6,11H2,1-3H3,(H,12,13). The summed E-state index contributed by atoms with van der Waals surface area (Å²) in [6.07, 6.45) is 0. The van der Waals surface area contributed by atoms with Crippen molar-refractivity contribution in [1.29, 1.82) is 0 Å². The van der Waals surface area contributed by atoms with Crippen LogP contribution in [0.3, 0.4) is 0 Å². The van der Waals surface area contributed by atoms with Gasteiger partial charge in [-0.3, -0.25) is 4.79 Å². The van der Waals surface area contributed by atoms with Gasteiger partial charge in [0.15, 0.2) is 0 Å². The van der Waals surface area contributed by atoms with E-state index in [1.165, 1.54) is 0 Å². The number of hydrogen-bond donors (Lipinski definition) is 2. The quantitative estimate of drug-likeness (QED) is 0.735. The summed E-state index contributed by atoms with van der Waals surface area (Å²) in [5.74, 6) is 2.85. The van der Waals surface area contributed by atoms with Gasteiger partial charge in [0.05, 0.1) is 5.41 Å². The number of hydrogen-bond acceptors (Lipinski definition) is 3. The van der Waals surface area contributed by atoms with Crippen LogP contribution in [0.25, 0.3) is 0 Å². The van der Waals surface area contributed by atoms with E-state index < -0.39 is 5.41 Å². The van der Waals surface area contributed by atoms with Gasteiger partial charge in [0, 0.05) is 18.3 Å². The van der Waals surface area contributed by atoms with Gasteiger partial charge in [-0.05, 0) is 25.5 Å². The molecule has 2 unspecified atom stereocenters. The van der Waals surface area contributed by atoms with E-state index in [1.54, 1.807) is 0 Å². The first-order chi connectivity index (χ1) is 6.47. The number of carbonyl (C=O) groups excluding carboxylic acids is 1. The fraction of sp³-hybridized carbons (Fsp3) is 0.900. The second-order valence-electron chi connectivity index (χ2n) is 4.68. The van der Waals surface area contributed by atoms with E-state index in [-0.39, 0.29) is 5.91 Å². The molecule has 1 heterocycles. The SMILES string of the molecule is CC1CSCC1NC(=O)C(C)(C)CN. The third-order valence-electron chi connectivity index (χ3n) is 2.81. The third-order valence-corrected chi connectivity index (χ3v) is 4.16. The topological polar surface area (TPSA) is 55.1 Å². The van der Waals surface area contributed by atoms with Gasteiger partial charge in [0.1, 0.15) is 0 Å². The van der Waals surface area contributed by atoms with E-state index in [0.717, 1.165) is 11.5 Å². The fourth-order valence-electron chi connectivity index (χ4n) is 1.30. The normalized spacial score (nSPS) is 27.7. The second-order valence-corrected chi connectivity index (χ2v) is 5.76. The molecule has 0 bridgehead atoms. The molecule has 2 atom stereocenters. The van der Waals surface area contributed by atoms with Crippen molar-refractivity contribution < 1.29 is 4.79 Å². The van der Waals surface area contributed by atoms with Crippen LogP contribution in [0.15, 0.2) is 0 Å². The molecule has 0 aliphatic carbocycles. The van der Waals surface area contributed by atoms with Crippen LogP contribution in [0.5, 0.6) is 0 Å². The zero-order chi connectivity index (χ0) is 10.8. The Kier molecular flexibility index (Phi) is 3.84. The Morgan fingerprint density at radius 1 is 1.57 bits per heavy atom. The number of nitrogens with one attached hydrogen (secondary N) is 1. The maximum absolute atomic E-state index is 11.8. The molecule has 0 spiro atoms. The lowest BCUT2D eigenvalue weighted by Crippen LogP contribution is -2.48. The zero-order valence-corrected chi connectivity index (χ0v) is 9.99. The molecule has 14 heavy (non-hydrogen) atoms. The molecule has 1 rings (SSSR count). The second kappa shape index (κ2) is 4.53. The lowest BCUT2D eigenvalue weighted by atomic mass is 9.91. The van der Waals surface area contributed by atoms with Crippen molar-refractivity contribution in [3.63, 3.8) is 0 Å². The van der Waals surface area contributed by atoms with Gasteiger partial charge in [-0.1, -0.05) is 6.92 Å².